The fraction of sp³-hybridized carbons (Fsp3) is 0.800. The summed E-state index contributed by atoms with van der Waals surface area (Å²) in [5.41, 5.74) is 0. The number of nitrogens with zero attached hydrogens (tertiary/aromatic N) is 1. The minimum Gasteiger partial charge on any atom is -0.349 e. The molecule has 0 fully saturated rings. The summed E-state index contributed by atoms with van der Waals surface area (Å²) in [6.45, 7) is 5.98. The predicted octanol–water partition coefficient (Wildman–Crippen LogP) is 1.05. The van der Waals surface area contributed by atoms with E-state index >= 15 is 0 Å². The van der Waals surface area contributed by atoms with Gasteiger partial charge in [-0.05, 0) is 26.1 Å². The van der Waals surface area contributed by atoms with E-state index in [0.717, 1.165) is 13.1 Å². The van der Waals surface area contributed by atoms with E-state index in [1.807, 2.05) is 4.90 Å². The van der Waals surface area contributed by atoms with Gasteiger partial charge in [-0.3, -0.25) is 0 Å². The molecular formula is C5H12N2S2. The first kappa shape index (κ1) is 9.04. The van der Waals surface area contributed by atoms with E-state index in [1.165, 1.54) is 0 Å². The second kappa shape index (κ2) is 4.88. The summed E-state index contributed by atoms with van der Waals surface area (Å²) in [6.07, 6.45) is 0. The summed E-state index contributed by atoms with van der Waals surface area (Å²) in [6, 6.07) is 0. The zero-order chi connectivity index (χ0) is 7.28. The second-order valence-corrected chi connectivity index (χ2v) is 2.20. The molecule has 0 aliphatic carbocycles. The average molecular weight is 164 g/mol. The third-order valence-corrected chi connectivity index (χ3v) is 1.87. The van der Waals surface area contributed by atoms with Crippen LogP contribution in [0.3, 0.4) is 0 Å². The van der Waals surface area contributed by atoms with Crippen molar-refractivity contribution in [2.24, 2.45) is 0 Å². The Morgan fingerprint density at radius 3 is 2.11 bits per heavy atom. The Morgan fingerprint density at radius 1 is 1.56 bits per heavy atom. The molecule has 0 unspecified atom stereocenters. The smallest absolute Gasteiger partial charge is 0.178 e. The van der Waals surface area contributed by atoms with Crippen LogP contribution in [-0.2, 0) is 0 Å². The first-order valence-electron chi connectivity index (χ1n) is 2.95. The molecule has 4 heteroatoms. The molecule has 2 nitrogen and oxygen atoms in total. The van der Waals surface area contributed by atoms with Gasteiger partial charge < -0.3 is 9.62 Å². The second-order valence-electron chi connectivity index (χ2n) is 1.59. The van der Waals surface area contributed by atoms with E-state index in [-0.39, 0.29) is 0 Å². The molecule has 0 spiro atoms. The molecule has 0 aliphatic rings. The molecule has 0 atom stereocenters. The molecule has 0 rings (SSSR count). The fourth-order valence-corrected chi connectivity index (χ4v) is 0.981. The Kier molecular flexibility index (Phi) is 4.90. The van der Waals surface area contributed by atoms with Crippen LogP contribution in [0.2, 0.25) is 0 Å². The molecule has 1 N–H and O–H groups in total. The fourth-order valence-electron chi connectivity index (χ4n) is 0.582. The summed E-state index contributed by atoms with van der Waals surface area (Å²) in [7, 11) is 0. The van der Waals surface area contributed by atoms with Crippen molar-refractivity contribution in [2.75, 3.05) is 13.1 Å². The van der Waals surface area contributed by atoms with E-state index < -0.39 is 0 Å². The van der Waals surface area contributed by atoms with Crippen LogP contribution in [0, 0.1) is 0 Å². The van der Waals surface area contributed by atoms with Gasteiger partial charge in [0.15, 0.2) is 5.11 Å². The van der Waals surface area contributed by atoms with Crippen LogP contribution in [0.5, 0.6) is 0 Å². The van der Waals surface area contributed by atoms with Crippen LogP contribution in [0.25, 0.3) is 0 Å². The van der Waals surface area contributed by atoms with Gasteiger partial charge in [0.2, 0.25) is 0 Å². The normalized spacial score (nSPS) is 8.78. The number of hydrogen-bond donors (Lipinski definition) is 2. The molecule has 0 aromatic carbocycles. The maximum atomic E-state index is 4.91. The molecule has 0 aliphatic heterocycles. The molecular weight excluding hydrogens is 152 g/mol. The van der Waals surface area contributed by atoms with Crippen molar-refractivity contribution >= 4 is 30.1 Å². The summed E-state index contributed by atoms with van der Waals surface area (Å²) < 4.78 is 2.62. The first-order chi connectivity index (χ1) is 4.26. The standard InChI is InChI=1S/C5H12N2S2/c1-3-7(4-2)5(8)6-9/h9H,3-4H2,1-2H3,(H,6,8). The van der Waals surface area contributed by atoms with E-state index in [0.29, 0.717) is 5.11 Å². The quantitative estimate of drug-likeness (QED) is 0.469. The summed E-state index contributed by atoms with van der Waals surface area (Å²) in [4.78, 5) is 2.02. The van der Waals surface area contributed by atoms with Crippen LogP contribution in [-0.4, -0.2) is 23.1 Å². The van der Waals surface area contributed by atoms with E-state index in [1.54, 1.807) is 0 Å². The summed E-state index contributed by atoms with van der Waals surface area (Å²) in [5.74, 6) is 0. The minimum absolute atomic E-state index is 0.698. The van der Waals surface area contributed by atoms with Gasteiger partial charge in [-0.15, -0.1) is 0 Å². The van der Waals surface area contributed by atoms with Crippen molar-refractivity contribution in [3.05, 3.63) is 0 Å². The van der Waals surface area contributed by atoms with Crippen molar-refractivity contribution in [2.45, 2.75) is 13.8 Å². The summed E-state index contributed by atoms with van der Waals surface area (Å²) >= 11 is 8.74. The lowest BCUT2D eigenvalue weighted by atomic mass is 10.6. The number of nitrogens with one attached hydrogen (secondary N) is 1. The zero-order valence-corrected chi connectivity index (χ0v) is 7.43. The van der Waals surface area contributed by atoms with Crippen LogP contribution in [0.15, 0.2) is 0 Å². The van der Waals surface area contributed by atoms with Gasteiger partial charge in [-0.1, -0.05) is 12.8 Å². The molecule has 0 heterocycles. The van der Waals surface area contributed by atoms with Gasteiger partial charge in [0, 0.05) is 13.1 Å². The van der Waals surface area contributed by atoms with Gasteiger partial charge >= 0.3 is 0 Å². The lowest BCUT2D eigenvalue weighted by molar-refractivity contribution is 0.466. The van der Waals surface area contributed by atoms with Crippen molar-refractivity contribution < 1.29 is 0 Å². The lowest BCUT2D eigenvalue weighted by Gasteiger charge is -2.19. The molecule has 0 aromatic heterocycles. The Morgan fingerprint density at radius 2 is 2.00 bits per heavy atom. The number of thiol groups is 1. The van der Waals surface area contributed by atoms with Crippen LogP contribution in [0.4, 0.5) is 0 Å². The third kappa shape index (κ3) is 2.91. The highest BCUT2D eigenvalue weighted by molar-refractivity contribution is 7.84. The van der Waals surface area contributed by atoms with E-state index in [2.05, 4.69) is 31.4 Å². The summed E-state index contributed by atoms with van der Waals surface area (Å²) in [5, 5.41) is 0.698. The maximum absolute atomic E-state index is 4.91. The molecule has 0 aromatic rings. The average Bonchev–Trinajstić information content (AvgIpc) is 1.90. The largest absolute Gasteiger partial charge is 0.349 e. The first-order valence-corrected chi connectivity index (χ1v) is 3.80. The zero-order valence-electron chi connectivity index (χ0n) is 5.72. The van der Waals surface area contributed by atoms with Crippen molar-refractivity contribution in [3.8, 4) is 0 Å². The van der Waals surface area contributed by atoms with Crippen molar-refractivity contribution in [3.63, 3.8) is 0 Å². The van der Waals surface area contributed by atoms with Gasteiger partial charge in [-0.25, -0.2) is 0 Å². The Labute approximate surface area is 67.2 Å². The highest BCUT2D eigenvalue weighted by Crippen LogP contribution is 1.88. The van der Waals surface area contributed by atoms with Crippen LogP contribution < -0.4 is 4.72 Å². The molecule has 9 heavy (non-hydrogen) atoms. The SMILES string of the molecule is CCN(CC)C(=S)NS. The lowest BCUT2D eigenvalue weighted by Crippen LogP contribution is -2.35. The van der Waals surface area contributed by atoms with Crippen LogP contribution in [0.1, 0.15) is 13.8 Å². The predicted molar refractivity (Wildman–Crippen MR) is 47.6 cm³/mol. The minimum atomic E-state index is 0.698. The van der Waals surface area contributed by atoms with Gasteiger partial charge in [0.1, 0.15) is 0 Å². The molecule has 0 amide bonds. The number of thiocarbonyl (C=S) groups is 1. The van der Waals surface area contributed by atoms with Crippen molar-refractivity contribution in [1.82, 2.24) is 9.62 Å². The van der Waals surface area contributed by atoms with Gasteiger partial charge in [0.05, 0.1) is 0 Å². The van der Waals surface area contributed by atoms with Crippen LogP contribution >= 0.6 is 25.0 Å². The highest BCUT2D eigenvalue weighted by atomic mass is 32.1. The Bertz CT molecular complexity index is 91.0. The molecule has 0 radical (unpaired) electrons. The van der Waals surface area contributed by atoms with E-state index in [9.17, 15) is 0 Å². The number of hydrogen-bond acceptors (Lipinski definition) is 2. The van der Waals surface area contributed by atoms with Gasteiger partial charge in [-0.2, -0.15) is 0 Å². The Hall–Kier alpha value is 0.0400. The highest BCUT2D eigenvalue weighted by Gasteiger charge is 1.99. The monoisotopic (exact) mass is 164 g/mol. The van der Waals surface area contributed by atoms with Gasteiger partial charge in [0.25, 0.3) is 0 Å². The molecule has 0 saturated carbocycles. The molecule has 0 saturated heterocycles. The van der Waals surface area contributed by atoms with E-state index in [4.69, 9.17) is 12.2 Å². The Balaban J connectivity index is 3.64. The topological polar surface area (TPSA) is 15.3 Å². The molecule has 0 bridgehead atoms. The number of rotatable bonds is 2. The maximum Gasteiger partial charge on any atom is 0.178 e. The molecule has 54 valence electrons. The third-order valence-electron chi connectivity index (χ3n) is 1.15. The van der Waals surface area contributed by atoms with Crippen molar-refractivity contribution in [1.29, 1.82) is 0 Å².